The zero-order valence-corrected chi connectivity index (χ0v) is 14.9. The number of sulfonamides is 1. The van der Waals surface area contributed by atoms with Gasteiger partial charge < -0.3 is 4.74 Å². The fourth-order valence-electron chi connectivity index (χ4n) is 1.44. The number of hydrogen-bond acceptors (Lipinski definition) is 4. The average molecular weight is 385 g/mol. The molecule has 0 atom stereocenters. The van der Waals surface area contributed by atoms with Crippen LogP contribution < -0.4 is 9.46 Å². The molecule has 0 amide bonds. The van der Waals surface area contributed by atoms with Crippen LogP contribution in [0.25, 0.3) is 0 Å². The highest BCUT2D eigenvalue weighted by Crippen LogP contribution is 2.24. The summed E-state index contributed by atoms with van der Waals surface area (Å²) in [7, 11) is -3.44. The van der Waals surface area contributed by atoms with E-state index in [1.54, 1.807) is 57.3 Å². The fourth-order valence-corrected chi connectivity index (χ4v) is 2.43. The van der Waals surface area contributed by atoms with Crippen LogP contribution >= 0.6 is 15.9 Å². The van der Waals surface area contributed by atoms with Crippen molar-refractivity contribution in [2.24, 2.45) is 0 Å². The molecule has 5 nitrogen and oxygen atoms in total. The number of nitrogens with one attached hydrogen (secondary N) is 1. The second-order valence-corrected chi connectivity index (χ2v) is 9.01. The molecule has 0 radical (unpaired) electrons. The van der Waals surface area contributed by atoms with Gasteiger partial charge in [-0.1, -0.05) is 0 Å². The number of rotatable bonds is 4. The zero-order chi connectivity index (χ0) is 16.4. The van der Waals surface area contributed by atoms with Crippen molar-refractivity contribution in [1.82, 2.24) is 4.98 Å². The molecule has 0 fully saturated rings. The molecule has 2 aromatic rings. The standard InChI is InChI=1S/C15H17BrN2O3S/c1-15(2,3)22(19,20)18-12-5-7-13(8-6-12)21-14-9-4-11(16)10-17-14/h4-10,18H,1-3H3. The molecule has 1 heterocycles. The molecule has 0 aliphatic carbocycles. The summed E-state index contributed by atoms with van der Waals surface area (Å²) < 4.78 is 32.3. The minimum Gasteiger partial charge on any atom is -0.439 e. The maximum atomic E-state index is 12.1. The molecule has 0 unspecified atom stereocenters. The van der Waals surface area contributed by atoms with Crippen LogP contribution in [0.15, 0.2) is 47.1 Å². The Kier molecular flexibility index (Phi) is 4.77. The Morgan fingerprint density at radius 1 is 1.09 bits per heavy atom. The van der Waals surface area contributed by atoms with Gasteiger partial charge in [-0.25, -0.2) is 13.4 Å². The van der Waals surface area contributed by atoms with Gasteiger partial charge in [0, 0.05) is 22.4 Å². The third-order valence-corrected chi connectivity index (χ3v) is 5.42. The normalized spacial score (nSPS) is 12.0. The molecule has 1 aromatic carbocycles. The number of aromatic nitrogens is 1. The summed E-state index contributed by atoms with van der Waals surface area (Å²) in [6, 6.07) is 10.2. The van der Waals surface area contributed by atoms with Crippen molar-refractivity contribution in [2.75, 3.05) is 4.72 Å². The summed E-state index contributed by atoms with van der Waals surface area (Å²) in [5.74, 6) is 1.04. The quantitative estimate of drug-likeness (QED) is 0.858. The second-order valence-electron chi connectivity index (χ2n) is 5.66. The van der Waals surface area contributed by atoms with Crippen LogP contribution in [0.4, 0.5) is 5.69 Å². The van der Waals surface area contributed by atoms with Gasteiger partial charge in [0.15, 0.2) is 0 Å². The molecule has 0 saturated heterocycles. The van der Waals surface area contributed by atoms with E-state index in [9.17, 15) is 8.42 Å². The first-order chi connectivity index (χ1) is 10.2. The van der Waals surface area contributed by atoms with E-state index in [0.717, 1.165) is 4.47 Å². The van der Waals surface area contributed by atoms with E-state index in [2.05, 4.69) is 25.6 Å². The summed E-state index contributed by atoms with van der Waals surface area (Å²) in [5.41, 5.74) is 0.492. The lowest BCUT2D eigenvalue weighted by Gasteiger charge is -2.20. The van der Waals surface area contributed by atoms with Crippen molar-refractivity contribution in [2.45, 2.75) is 25.5 Å². The summed E-state index contributed by atoms with van der Waals surface area (Å²) in [6.07, 6.45) is 1.64. The zero-order valence-electron chi connectivity index (χ0n) is 12.5. The molecule has 118 valence electrons. The highest BCUT2D eigenvalue weighted by molar-refractivity contribution is 9.10. The monoisotopic (exact) mass is 384 g/mol. The topological polar surface area (TPSA) is 68.3 Å². The number of anilines is 1. The molecule has 1 N–H and O–H groups in total. The summed E-state index contributed by atoms with van der Waals surface area (Å²) >= 11 is 3.30. The lowest BCUT2D eigenvalue weighted by atomic mass is 10.3. The van der Waals surface area contributed by atoms with E-state index in [0.29, 0.717) is 17.3 Å². The smallest absolute Gasteiger partial charge is 0.237 e. The summed E-state index contributed by atoms with van der Waals surface area (Å²) in [5, 5.41) is 0. The van der Waals surface area contributed by atoms with E-state index < -0.39 is 14.8 Å². The van der Waals surface area contributed by atoms with Gasteiger partial charge in [-0.15, -0.1) is 0 Å². The lowest BCUT2D eigenvalue weighted by Crippen LogP contribution is -2.33. The average Bonchev–Trinajstić information content (AvgIpc) is 2.42. The second kappa shape index (κ2) is 6.26. The molecular formula is C15H17BrN2O3S. The van der Waals surface area contributed by atoms with Crippen LogP contribution in [-0.4, -0.2) is 18.1 Å². The van der Waals surface area contributed by atoms with Crippen LogP contribution in [0, 0.1) is 0 Å². The maximum absolute atomic E-state index is 12.1. The van der Waals surface area contributed by atoms with Gasteiger partial charge in [-0.2, -0.15) is 0 Å². The third-order valence-electron chi connectivity index (χ3n) is 2.84. The molecule has 1 aromatic heterocycles. The van der Waals surface area contributed by atoms with E-state index >= 15 is 0 Å². The first kappa shape index (κ1) is 16.8. The Labute approximate surface area is 138 Å². The molecule has 22 heavy (non-hydrogen) atoms. The van der Waals surface area contributed by atoms with Gasteiger partial charge in [0.2, 0.25) is 15.9 Å². The third kappa shape index (κ3) is 4.20. The predicted octanol–water partition coefficient (Wildman–Crippen LogP) is 4.18. The van der Waals surface area contributed by atoms with Crippen molar-refractivity contribution in [1.29, 1.82) is 0 Å². The van der Waals surface area contributed by atoms with Gasteiger partial charge in [0.05, 0.1) is 4.75 Å². The van der Waals surface area contributed by atoms with E-state index in [-0.39, 0.29) is 0 Å². The van der Waals surface area contributed by atoms with E-state index in [1.807, 2.05) is 6.07 Å². The molecule has 2 rings (SSSR count). The number of halogens is 1. The molecule has 0 aliphatic rings. The molecule has 0 saturated carbocycles. The van der Waals surface area contributed by atoms with E-state index in [4.69, 9.17) is 4.74 Å². The van der Waals surface area contributed by atoms with Crippen LogP contribution in [0.1, 0.15) is 20.8 Å². The number of benzene rings is 1. The van der Waals surface area contributed by atoms with Crippen molar-refractivity contribution in [3.63, 3.8) is 0 Å². The predicted molar refractivity (Wildman–Crippen MR) is 90.7 cm³/mol. The van der Waals surface area contributed by atoms with Crippen LogP contribution in [-0.2, 0) is 10.0 Å². The SMILES string of the molecule is CC(C)(C)S(=O)(=O)Nc1ccc(Oc2ccc(Br)cn2)cc1. The number of hydrogen-bond donors (Lipinski definition) is 1. The van der Waals surface area contributed by atoms with Gasteiger partial charge in [-0.05, 0) is 67.0 Å². The minimum absolute atomic E-state index is 0.464. The fraction of sp³-hybridized carbons (Fsp3) is 0.267. The molecule has 0 bridgehead atoms. The largest absolute Gasteiger partial charge is 0.439 e. The Bertz CT molecular complexity index is 736. The van der Waals surface area contributed by atoms with E-state index in [1.165, 1.54) is 0 Å². The summed E-state index contributed by atoms with van der Waals surface area (Å²) in [6.45, 7) is 4.93. The maximum Gasteiger partial charge on any atom is 0.237 e. The van der Waals surface area contributed by atoms with Gasteiger partial charge >= 0.3 is 0 Å². The highest BCUT2D eigenvalue weighted by Gasteiger charge is 2.28. The van der Waals surface area contributed by atoms with Crippen LogP contribution in [0.3, 0.4) is 0 Å². The van der Waals surface area contributed by atoms with Crippen molar-refractivity contribution in [3.8, 4) is 11.6 Å². The van der Waals surface area contributed by atoms with Crippen LogP contribution in [0.2, 0.25) is 0 Å². The van der Waals surface area contributed by atoms with Crippen LogP contribution in [0.5, 0.6) is 11.6 Å². The van der Waals surface area contributed by atoms with Gasteiger partial charge in [-0.3, -0.25) is 4.72 Å². The highest BCUT2D eigenvalue weighted by atomic mass is 79.9. The molecule has 0 aliphatic heterocycles. The Hall–Kier alpha value is -1.60. The summed E-state index contributed by atoms with van der Waals surface area (Å²) in [4.78, 5) is 4.11. The minimum atomic E-state index is -3.44. The van der Waals surface area contributed by atoms with Crippen molar-refractivity contribution >= 4 is 31.6 Å². The molecular weight excluding hydrogens is 368 g/mol. The van der Waals surface area contributed by atoms with Crippen molar-refractivity contribution in [3.05, 3.63) is 47.1 Å². The van der Waals surface area contributed by atoms with Gasteiger partial charge in [0.1, 0.15) is 5.75 Å². The Balaban J connectivity index is 2.09. The lowest BCUT2D eigenvalue weighted by molar-refractivity contribution is 0.463. The first-order valence-corrected chi connectivity index (χ1v) is 8.87. The number of ether oxygens (including phenoxy) is 1. The Morgan fingerprint density at radius 2 is 1.73 bits per heavy atom. The first-order valence-electron chi connectivity index (χ1n) is 6.59. The van der Waals surface area contributed by atoms with Crippen molar-refractivity contribution < 1.29 is 13.2 Å². The number of nitrogens with zero attached hydrogens (tertiary/aromatic N) is 1. The Morgan fingerprint density at radius 3 is 2.23 bits per heavy atom. The van der Waals surface area contributed by atoms with Gasteiger partial charge in [0.25, 0.3) is 0 Å². The molecule has 7 heteroatoms. The molecule has 0 spiro atoms. The number of pyridine rings is 1.